The van der Waals surface area contributed by atoms with Crippen LogP contribution in [0.2, 0.25) is 0 Å². The molecular weight excluding hydrogens is 373 g/mol. The third-order valence-electron chi connectivity index (χ3n) is 5.71. The molecule has 2 aliphatic rings. The number of piperidine rings is 1. The number of fused-ring (bicyclic) bond motifs is 1. The summed E-state index contributed by atoms with van der Waals surface area (Å²) in [5.74, 6) is 0.633. The van der Waals surface area contributed by atoms with Gasteiger partial charge in [0, 0.05) is 31.7 Å². The standard InChI is InChI=1S/C20H20FN7O/c1-13-9-22-10-18(25-13)27-11-14-5-8-26(12-17(14)27)20(29)15-3-2-4-16(21)19(15)28-23-6-7-24-28/h2-4,6-7,9-10,14,17H,5,8,11-12H2,1H3. The van der Waals surface area contributed by atoms with E-state index in [2.05, 4.69) is 25.1 Å². The van der Waals surface area contributed by atoms with Gasteiger partial charge in [-0.15, -0.1) is 4.80 Å². The lowest BCUT2D eigenvalue weighted by atomic mass is 9.82. The van der Waals surface area contributed by atoms with Crippen molar-refractivity contribution >= 4 is 11.7 Å². The first-order valence-electron chi connectivity index (χ1n) is 9.61. The molecule has 8 nitrogen and oxygen atoms in total. The van der Waals surface area contributed by atoms with Crippen molar-refractivity contribution in [3.8, 4) is 5.69 Å². The summed E-state index contributed by atoms with van der Waals surface area (Å²) in [6.45, 7) is 4.06. The van der Waals surface area contributed by atoms with Crippen molar-refractivity contribution in [3.63, 3.8) is 0 Å². The Bertz CT molecular complexity index is 1050. The van der Waals surface area contributed by atoms with Gasteiger partial charge < -0.3 is 9.80 Å². The molecule has 0 N–H and O–H groups in total. The first kappa shape index (κ1) is 17.7. The summed E-state index contributed by atoms with van der Waals surface area (Å²) in [7, 11) is 0. The third-order valence-corrected chi connectivity index (χ3v) is 5.71. The topological polar surface area (TPSA) is 80.0 Å². The van der Waals surface area contributed by atoms with Crippen molar-refractivity contribution in [1.29, 1.82) is 0 Å². The van der Waals surface area contributed by atoms with Crippen LogP contribution in [0, 0.1) is 18.7 Å². The summed E-state index contributed by atoms with van der Waals surface area (Å²) in [6, 6.07) is 4.68. The Balaban J connectivity index is 1.40. The molecule has 2 fully saturated rings. The number of rotatable bonds is 3. The Kier molecular flexibility index (Phi) is 4.22. The number of halogens is 1. The summed E-state index contributed by atoms with van der Waals surface area (Å²) in [5.41, 5.74) is 1.21. The highest BCUT2D eigenvalue weighted by molar-refractivity contribution is 5.98. The molecule has 0 spiro atoms. The van der Waals surface area contributed by atoms with Gasteiger partial charge in [-0.2, -0.15) is 10.2 Å². The van der Waals surface area contributed by atoms with E-state index >= 15 is 0 Å². The molecule has 2 unspecified atom stereocenters. The summed E-state index contributed by atoms with van der Waals surface area (Å²) in [5, 5.41) is 8.01. The van der Waals surface area contributed by atoms with Gasteiger partial charge in [-0.3, -0.25) is 9.78 Å². The van der Waals surface area contributed by atoms with Crippen LogP contribution in [0.4, 0.5) is 10.2 Å². The van der Waals surface area contributed by atoms with Crippen LogP contribution >= 0.6 is 0 Å². The number of hydrogen-bond donors (Lipinski definition) is 0. The molecule has 2 atom stereocenters. The van der Waals surface area contributed by atoms with E-state index in [1.807, 2.05) is 6.92 Å². The predicted molar refractivity (Wildman–Crippen MR) is 103 cm³/mol. The highest BCUT2D eigenvalue weighted by Gasteiger charge is 2.44. The summed E-state index contributed by atoms with van der Waals surface area (Å²) < 4.78 is 14.5. The first-order chi connectivity index (χ1) is 14.1. The van der Waals surface area contributed by atoms with E-state index in [1.165, 1.54) is 18.5 Å². The molecule has 0 radical (unpaired) electrons. The van der Waals surface area contributed by atoms with Gasteiger partial charge in [0.05, 0.1) is 35.9 Å². The molecule has 2 aromatic heterocycles. The Morgan fingerprint density at radius 3 is 2.79 bits per heavy atom. The molecule has 5 rings (SSSR count). The quantitative estimate of drug-likeness (QED) is 0.676. The number of likely N-dealkylation sites (tertiary alicyclic amines) is 1. The van der Waals surface area contributed by atoms with Crippen molar-refractivity contribution in [2.45, 2.75) is 19.4 Å². The molecule has 0 bridgehead atoms. The van der Waals surface area contributed by atoms with Crippen molar-refractivity contribution < 1.29 is 9.18 Å². The van der Waals surface area contributed by atoms with Crippen LogP contribution in [0.1, 0.15) is 22.5 Å². The van der Waals surface area contributed by atoms with Gasteiger partial charge >= 0.3 is 0 Å². The van der Waals surface area contributed by atoms with Gasteiger partial charge in [0.15, 0.2) is 5.82 Å². The zero-order valence-electron chi connectivity index (χ0n) is 15.9. The zero-order valence-corrected chi connectivity index (χ0v) is 15.9. The maximum atomic E-state index is 14.5. The Morgan fingerprint density at radius 1 is 1.17 bits per heavy atom. The molecule has 1 amide bonds. The maximum absolute atomic E-state index is 14.5. The van der Waals surface area contributed by atoms with Crippen LogP contribution in [0.15, 0.2) is 43.0 Å². The number of carbonyl (C=O) groups excluding carboxylic acids is 1. The molecule has 2 aliphatic heterocycles. The number of para-hydroxylation sites is 1. The minimum absolute atomic E-state index is 0.0830. The van der Waals surface area contributed by atoms with Gasteiger partial charge in [0.25, 0.3) is 5.91 Å². The van der Waals surface area contributed by atoms with E-state index in [-0.39, 0.29) is 23.2 Å². The van der Waals surface area contributed by atoms with Crippen LogP contribution in [-0.2, 0) is 0 Å². The van der Waals surface area contributed by atoms with Gasteiger partial charge in [0.1, 0.15) is 11.5 Å². The number of hydrogen-bond acceptors (Lipinski definition) is 6. The number of amides is 1. The SMILES string of the molecule is Cc1cncc(N2CC3CCN(C(=O)c4cccc(F)c4-n4nccn4)CC32)n1. The highest BCUT2D eigenvalue weighted by atomic mass is 19.1. The average molecular weight is 393 g/mol. The molecule has 0 aliphatic carbocycles. The van der Waals surface area contributed by atoms with E-state index in [1.54, 1.807) is 29.4 Å². The molecule has 1 aromatic carbocycles. The molecule has 2 saturated heterocycles. The number of aromatic nitrogens is 5. The predicted octanol–water partition coefficient (Wildman–Crippen LogP) is 1.86. The van der Waals surface area contributed by atoms with E-state index < -0.39 is 5.82 Å². The van der Waals surface area contributed by atoms with Crippen molar-refractivity contribution in [2.75, 3.05) is 24.5 Å². The number of aryl methyl sites for hydroxylation is 1. The highest BCUT2D eigenvalue weighted by Crippen LogP contribution is 2.36. The molecule has 4 heterocycles. The lowest BCUT2D eigenvalue weighted by molar-refractivity contribution is 0.0590. The van der Waals surface area contributed by atoms with Crippen LogP contribution in [-0.4, -0.2) is 61.4 Å². The number of anilines is 1. The number of carbonyl (C=O) groups is 1. The van der Waals surface area contributed by atoms with Gasteiger partial charge in [-0.25, -0.2) is 9.37 Å². The van der Waals surface area contributed by atoms with E-state index in [4.69, 9.17) is 0 Å². The number of nitrogens with zero attached hydrogens (tertiary/aromatic N) is 7. The second-order valence-corrected chi connectivity index (χ2v) is 7.49. The van der Waals surface area contributed by atoms with Crippen molar-refractivity contribution in [1.82, 2.24) is 29.9 Å². The van der Waals surface area contributed by atoms with Gasteiger partial charge in [0.2, 0.25) is 0 Å². The van der Waals surface area contributed by atoms with E-state index in [9.17, 15) is 9.18 Å². The first-order valence-corrected chi connectivity index (χ1v) is 9.61. The molecule has 0 saturated carbocycles. The maximum Gasteiger partial charge on any atom is 0.256 e. The minimum atomic E-state index is -0.526. The van der Waals surface area contributed by atoms with Crippen molar-refractivity contribution in [3.05, 3.63) is 60.1 Å². The van der Waals surface area contributed by atoms with Gasteiger partial charge in [-0.05, 0) is 25.5 Å². The average Bonchev–Trinajstić information content (AvgIpc) is 3.22. The molecule has 148 valence electrons. The fourth-order valence-corrected chi connectivity index (χ4v) is 4.23. The fraction of sp³-hybridized carbons (Fsp3) is 0.350. The molecule has 29 heavy (non-hydrogen) atoms. The Hall–Kier alpha value is -3.36. The molecule has 3 aromatic rings. The Labute approximate surface area is 167 Å². The summed E-state index contributed by atoms with van der Waals surface area (Å²) in [4.78, 5) is 27.2. The second kappa shape index (κ2) is 6.91. The van der Waals surface area contributed by atoms with Crippen molar-refractivity contribution in [2.24, 2.45) is 5.92 Å². The molecule has 9 heteroatoms. The zero-order chi connectivity index (χ0) is 20.0. The van der Waals surface area contributed by atoms with E-state index in [0.29, 0.717) is 19.0 Å². The van der Waals surface area contributed by atoms with Crippen LogP contribution < -0.4 is 4.90 Å². The largest absolute Gasteiger partial charge is 0.350 e. The summed E-state index contributed by atoms with van der Waals surface area (Å²) >= 11 is 0. The van der Waals surface area contributed by atoms with Gasteiger partial charge in [-0.1, -0.05) is 6.07 Å². The summed E-state index contributed by atoms with van der Waals surface area (Å²) in [6.07, 6.45) is 7.32. The van der Waals surface area contributed by atoms with Crippen LogP contribution in [0.3, 0.4) is 0 Å². The monoisotopic (exact) mass is 393 g/mol. The van der Waals surface area contributed by atoms with Crippen LogP contribution in [0.25, 0.3) is 5.69 Å². The fourth-order valence-electron chi connectivity index (χ4n) is 4.23. The second-order valence-electron chi connectivity index (χ2n) is 7.49. The number of benzene rings is 1. The lowest BCUT2D eigenvalue weighted by Gasteiger charge is -2.53. The van der Waals surface area contributed by atoms with Crippen LogP contribution in [0.5, 0.6) is 0 Å². The lowest BCUT2D eigenvalue weighted by Crippen LogP contribution is -2.65. The third kappa shape index (κ3) is 3.02. The Morgan fingerprint density at radius 2 is 2.00 bits per heavy atom. The molecular formula is C20H20FN7O. The normalized spacial score (nSPS) is 20.9. The smallest absolute Gasteiger partial charge is 0.256 e. The minimum Gasteiger partial charge on any atom is -0.350 e. The van der Waals surface area contributed by atoms with E-state index in [0.717, 1.165) is 29.3 Å².